The number of aromatic hydroxyl groups is 1. The van der Waals surface area contributed by atoms with Crippen LogP contribution in [-0.4, -0.2) is 22.0 Å². The maximum absolute atomic E-state index is 13.3. The van der Waals surface area contributed by atoms with Crippen molar-refractivity contribution < 1.29 is 19.8 Å². The predicted octanol–water partition coefficient (Wildman–Crippen LogP) is 4.63. The van der Waals surface area contributed by atoms with E-state index in [0.29, 0.717) is 16.3 Å². The summed E-state index contributed by atoms with van der Waals surface area (Å²) >= 11 is 0. The molecule has 0 aliphatic carbocycles. The van der Waals surface area contributed by atoms with Gasteiger partial charge in [0.2, 0.25) is 0 Å². The second kappa shape index (κ2) is 6.01. The van der Waals surface area contributed by atoms with Crippen molar-refractivity contribution >= 4 is 33.3 Å². The van der Waals surface area contributed by atoms with Crippen molar-refractivity contribution in [1.29, 1.82) is 0 Å². The van der Waals surface area contributed by atoms with Crippen molar-refractivity contribution in [3.05, 3.63) is 89.5 Å². The van der Waals surface area contributed by atoms with Gasteiger partial charge in [0.15, 0.2) is 5.78 Å². The fourth-order valence-electron chi connectivity index (χ4n) is 3.28. The topological polar surface area (TPSA) is 74.6 Å². The van der Waals surface area contributed by atoms with Gasteiger partial charge in [-0.05, 0) is 22.2 Å². The first-order chi connectivity index (χ1) is 12.6. The van der Waals surface area contributed by atoms with E-state index >= 15 is 0 Å². The number of fused-ring (bicyclic) bond motifs is 2. The zero-order chi connectivity index (χ0) is 18.3. The fraction of sp³-hybridized carbons (Fsp3) is 0. The van der Waals surface area contributed by atoms with Crippen LogP contribution in [0.3, 0.4) is 0 Å². The molecule has 0 fully saturated rings. The summed E-state index contributed by atoms with van der Waals surface area (Å²) in [6, 6.07) is 21.0. The smallest absolute Gasteiger partial charge is 0.339 e. The fourth-order valence-corrected chi connectivity index (χ4v) is 3.28. The summed E-state index contributed by atoms with van der Waals surface area (Å²) in [6.07, 6.45) is 0. The molecule has 0 aliphatic heterocycles. The highest BCUT2D eigenvalue weighted by molar-refractivity contribution is 6.23. The van der Waals surface area contributed by atoms with Gasteiger partial charge in [-0.3, -0.25) is 4.79 Å². The van der Waals surface area contributed by atoms with Gasteiger partial charge in [0.25, 0.3) is 0 Å². The lowest BCUT2D eigenvalue weighted by Crippen LogP contribution is -2.07. The van der Waals surface area contributed by atoms with Crippen LogP contribution in [0.4, 0.5) is 0 Å². The number of hydrogen-bond donors (Lipinski definition) is 2. The number of hydrogen-bond acceptors (Lipinski definition) is 3. The standard InChI is InChI=1S/C22H14O4/c23-20(16-11-5-7-13-6-1-2-8-14(13)16)18-12-19(22(25)26)21(24)17-10-4-3-9-15(17)18/h1-12,24H,(H,25,26). The van der Waals surface area contributed by atoms with E-state index in [9.17, 15) is 19.8 Å². The lowest BCUT2D eigenvalue weighted by atomic mass is 9.92. The Morgan fingerprint density at radius 2 is 1.27 bits per heavy atom. The summed E-state index contributed by atoms with van der Waals surface area (Å²) in [5.41, 5.74) is 0.467. The van der Waals surface area contributed by atoms with Crippen molar-refractivity contribution in [2.24, 2.45) is 0 Å². The van der Waals surface area contributed by atoms with Crippen LogP contribution in [0.25, 0.3) is 21.5 Å². The zero-order valence-electron chi connectivity index (χ0n) is 13.6. The molecule has 0 saturated carbocycles. The van der Waals surface area contributed by atoms with Gasteiger partial charge in [-0.25, -0.2) is 4.79 Å². The van der Waals surface area contributed by atoms with E-state index in [0.717, 1.165) is 10.8 Å². The van der Waals surface area contributed by atoms with Gasteiger partial charge in [0.05, 0.1) is 0 Å². The second-order valence-electron chi connectivity index (χ2n) is 6.03. The number of phenols is 1. The van der Waals surface area contributed by atoms with E-state index in [2.05, 4.69) is 0 Å². The number of carbonyl (C=O) groups is 2. The normalized spacial score (nSPS) is 10.9. The Hall–Kier alpha value is -3.66. The number of carboxylic acids is 1. The molecule has 26 heavy (non-hydrogen) atoms. The van der Waals surface area contributed by atoms with Gasteiger partial charge in [-0.2, -0.15) is 0 Å². The molecule has 0 aromatic heterocycles. The summed E-state index contributed by atoms with van der Waals surface area (Å²) < 4.78 is 0. The second-order valence-corrected chi connectivity index (χ2v) is 6.03. The first-order valence-electron chi connectivity index (χ1n) is 8.08. The van der Waals surface area contributed by atoms with Gasteiger partial charge >= 0.3 is 5.97 Å². The van der Waals surface area contributed by atoms with Crippen LogP contribution in [0, 0.1) is 0 Å². The Balaban J connectivity index is 2.03. The van der Waals surface area contributed by atoms with E-state index in [1.165, 1.54) is 6.07 Å². The van der Waals surface area contributed by atoms with Crippen LogP contribution >= 0.6 is 0 Å². The third-order valence-electron chi connectivity index (χ3n) is 4.53. The van der Waals surface area contributed by atoms with E-state index < -0.39 is 5.97 Å². The highest BCUT2D eigenvalue weighted by Crippen LogP contribution is 2.33. The molecule has 0 bridgehead atoms. The number of carbonyl (C=O) groups excluding carboxylic acids is 1. The number of benzene rings is 4. The number of rotatable bonds is 3. The third kappa shape index (κ3) is 2.40. The van der Waals surface area contributed by atoms with Crippen molar-refractivity contribution in [2.75, 3.05) is 0 Å². The Bertz CT molecular complexity index is 1190. The molecule has 4 aromatic carbocycles. The predicted molar refractivity (Wildman–Crippen MR) is 100.0 cm³/mol. The molecule has 0 spiro atoms. The van der Waals surface area contributed by atoms with Gasteiger partial charge in [-0.15, -0.1) is 0 Å². The Morgan fingerprint density at radius 1 is 0.654 bits per heavy atom. The largest absolute Gasteiger partial charge is 0.506 e. The molecule has 0 radical (unpaired) electrons. The van der Waals surface area contributed by atoms with Crippen molar-refractivity contribution in [1.82, 2.24) is 0 Å². The molecule has 0 amide bonds. The van der Waals surface area contributed by atoms with Crippen LogP contribution in [0.2, 0.25) is 0 Å². The van der Waals surface area contributed by atoms with Crippen molar-refractivity contribution in [2.45, 2.75) is 0 Å². The first kappa shape index (κ1) is 15.8. The van der Waals surface area contributed by atoms with Gasteiger partial charge < -0.3 is 10.2 Å². The average Bonchev–Trinajstić information content (AvgIpc) is 2.67. The maximum atomic E-state index is 13.3. The molecule has 0 unspecified atom stereocenters. The Morgan fingerprint density at radius 3 is 2.00 bits per heavy atom. The Labute approximate surface area is 148 Å². The molecular formula is C22H14O4. The minimum absolute atomic E-state index is 0.257. The highest BCUT2D eigenvalue weighted by Gasteiger charge is 2.21. The molecule has 0 atom stereocenters. The summed E-state index contributed by atoms with van der Waals surface area (Å²) in [4.78, 5) is 24.8. The molecule has 4 aromatic rings. The maximum Gasteiger partial charge on any atom is 0.339 e. The summed E-state index contributed by atoms with van der Waals surface area (Å²) in [7, 11) is 0. The quantitative estimate of drug-likeness (QED) is 0.532. The molecule has 4 heteroatoms. The SMILES string of the molecule is O=C(O)c1cc(C(=O)c2cccc3ccccc23)c2ccccc2c1O. The first-order valence-corrected chi connectivity index (χ1v) is 8.08. The molecule has 4 nitrogen and oxygen atoms in total. The number of aromatic carboxylic acids is 1. The third-order valence-corrected chi connectivity index (χ3v) is 4.53. The highest BCUT2D eigenvalue weighted by atomic mass is 16.4. The monoisotopic (exact) mass is 342 g/mol. The number of carboxylic acid groups (broad SMARTS) is 1. The average molecular weight is 342 g/mol. The van der Waals surface area contributed by atoms with Crippen LogP contribution in [-0.2, 0) is 0 Å². The van der Waals surface area contributed by atoms with E-state index in [1.54, 1.807) is 36.4 Å². The van der Waals surface area contributed by atoms with Crippen LogP contribution in [0.5, 0.6) is 5.75 Å². The number of ketones is 1. The lowest BCUT2D eigenvalue weighted by molar-refractivity contribution is 0.0694. The summed E-state index contributed by atoms with van der Waals surface area (Å²) in [5, 5.41) is 22.3. The molecule has 0 aliphatic rings. The summed E-state index contributed by atoms with van der Waals surface area (Å²) in [6.45, 7) is 0. The molecule has 2 N–H and O–H groups in total. The summed E-state index contributed by atoms with van der Waals surface area (Å²) in [5.74, 6) is -1.89. The van der Waals surface area contributed by atoms with Crippen molar-refractivity contribution in [3.8, 4) is 5.75 Å². The molecule has 126 valence electrons. The van der Waals surface area contributed by atoms with Crippen LogP contribution in [0.15, 0.2) is 72.8 Å². The van der Waals surface area contributed by atoms with Crippen molar-refractivity contribution in [3.63, 3.8) is 0 Å². The van der Waals surface area contributed by atoms with Crippen LogP contribution in [0.1, 0.15) is 26.3 Å². The van der Waals surface area contributed by atoms with Crippen LogP contribution < -0.4 is 0 Å². The van der Waals surface area contributed by atoms with Gasteiger partial charge in [0.1, 0.15) is 11.3 Å². The van der Waals surface area contributed by atoms with E-state index in [-0.39, 0.29) is 22.7 Å². The van der Waals surface area contributed by atoms with Gasteiger partial charge in [-0.1, -0.05) is 66.7 Å². The van der Waals surface area contributed by atoms with E-state index in [4.69, 9.17) is 0 Å². The lowest BCUT2D eigenvalue weighted by Gasteiger charge is -2.12. The minimum atomic E-state index is -1.28. The van der Waals surface area contributed by atoms with Gasteiger partial charge in [0, 0.05) is 16.5 Å². The van der Waals surface area contributed by atoms with E-state index in [1.807, 2.05) is 30.3 Å². The molecule has 4 rings (SSSR count). The minimum Gasteiger partial charge on any atom is -0.506 e. The zero-order valence-corrected chi connectivity index (χ0v) is 13.6. The molecule has 0 heterocycles. The molecule has 0 saturated heterocycles. The Kier molecular flexibility index (Phi) is 3.66. The molecular weight excluding hydrogens is 328 g/mol.